The van der Waals surface area contributed by atoms with Crippen molar-refractivity contribution in [1.29, 1.82) is 0 Å². The van der Waals surface area contributed by atoms with Crippen LogP contribution >= 0.6 is 0 Å². The van der Waals surface area contributed by atoms with Crippen molar-refractivity contribution >= 4 is 5.97 Å². The Bertz CT molecular complexity index is 1150. The van der Waals surface area contributed by atoms with Gasteiger partial charge in [-0.1, -0.05) is 124 Å². The zero-order valence-electron chi connectivity index (χ0n) is 29.4. The van der Waals surface area contributed by atoms with Crippen molar-refractivity contribution in [3.05, 3.63) is 83.9 Å². The predicted octanol–water partition coefficient (Wildman–Crippen LogP) is 10.3. The van der Waals surface area contributed by atoms with Crippen molar-refractivity contribution in [2.45, 2.75) is 140 Å². The van der Waals surface area contributed by atoms with Crippen LogP contribution in [0.15, 0.2) is 72.8 Å². The molecule has 0 bridgehead atoms. The zero-order valence-corrected chi connectivity index (χ0v) is 29.4. The van der Waals surface area contributed by atoms with Gasteiger partial charge < -0.3 is 15.9 Å². The van der Waals surface area contributed by atoms with Gasteiger partial charge in [-0.05, 0) is 124 Å². The number of allylic oxidation sites excluding steroid dienone is 2. The molecular weight excluding hydrogens is 578 g/mol. The molecule has 0 saturated heterocycles. The Morgan fingerprint density at radius 1 is 0.872 bits per heavy atom. The molecule has 0 aromatic heterocycles. The highest BCUT2D eigenvalue weighted by Gasteiger charge is 2.44. The van der Waals surface area contributed by atoms with E-state index in [1.165, 1.54) is 75.3 Å². The summed E-state index contributed by atoms with van der Waals surface area (Å²) in [5.41, 5.74) is 8.97. The number of aliphatic hydroxyl groups excluding tert-OH is 1. The third kappa shape index (κ3) is 11.9. The van der Waals surface area contributed by atoms with Crippen LogP contribution in [0, 0.1) is 29.6 Å². The molecule has 0 spiro atoms. The summed E-state index contributed by atoms with van der Waals surface area (Å²) in [5, 5.41) is 21.5. The van der Waals surface area contributed by atoms with Gasteiger partial charge in [0.2, 0.25) is 0 Å². The molecule has 0 radical (unpaired) electrons. The molecule has 4 rings (SSSR count). The molecule has 2 aliphatic carbocycles. The fourth-order valence-corrected chi connectivity index (χ4v) is 9.26. The van der Waals surface area contributed by atoms with Gasteiger partial charge >= 0.3 is 5.97 Å². The lowest BCUT2D eigenvalue weighted by molar-refractivity contribution is -0.150. The van der Waals surface area contributed by atoms with Crippen molar-refractivity contribution in [1.82, 2.24) is 0 Å². The minimum Gasteiger partial charge on any atom is -0.481 e. The molecule has 2 fully saturated rings. The first-order valence-corrected chi connectivity index (χ1v) is 19.3. The van der Waals surface area contributed by atoms with Crippen molar-refractivity contribution in [2.75, 3.05) is 6.54 Å². The first kappa shape index (κ1) is 37.4. The highest BCUT2D eigenvalue weighted by atomic mass is 16.4. The molecule has 4 nitrogen and oxygen atoms in total. The monoisotopic (exact) mass is 643 g/mol. The molecule has 0 amide bonds. The molecular formula is C43H65NO3. The van der Waals surface area contributed by atoms with Crippen molar-refractivity contribution in [2.24, 2.45) is 35.3 Å². The number of rotatable bonds is 20. The largest absolute Gasteiger partial charge is 0.481 e. The Morgan fingerprint density at radius 2 is 1.53 bits per heavy atom. The molecule has 2 saturated carbocycles. The maximum absolute atomic E-state index is 12.9. The summed E-state index contributed by atoms with van der Waals surface area (Å²) in [6, 6.07) is 21.6. The molecule has 2 aromatic carbocycles. The first-order chi connectivity index (χ1) is 22.9. The summed E-state index contributed by atoms with van der Waals surface area (Å²) in [6.07, 6.45) is 26.2. The Kier molecular flexibility index (Phi) is 16.0. The molecule has 2 aromatic rings. The van der Waals surface area contributed by atoms with Crippen molar-refractivity contribution < 1.29 is 15.0 Å². The average molecular weight is 644 g/mol. The minimum atomic E-state index is -0.907. The Hall–Kier alpha value is -2.43. The van der Waals surface area contributed by atoms with Gasteiger partial charge in [0.15, 0.2) is 0 Å². The minimum absolute atomic E-state index is 0.0482. The Labute approximate surface area is 286 Å². The van der Waals surface area contributed by atoms with E-state index < -0.39 is 18.0 Å². The van der Waals surface area contributed by atoms with Gasteiger partial charge in [-0.3, -0.25) is 4.79 Å². The van der Waals surface area contributed by atoms with Crippen LogP contribution in [0.2, 0.25) is 0 Å². The maximum atomic E-state index is 12.9. The van der Waals surface area contributed by atoms with Gasteiger partial charge in [0.25, 0.3) is 0 Å². The molecule has 0 heterocycles. The van der Waals surface area contributed by atoms with Gasteiger partial charge in [0.05, 0.1) is 12.0 Å². The second kappa shape index (κ2) is 20.2. The van der Waals surface area contributed by atoms with Gasteiger partial charge in [-0.2, -0.15) is 0 Å². The van der Waals surface area contributed by atoms with E-state index in [0.717, 1.165) is 63.7 Å². The summed E-state index contributed by atoms with van der Waals surface area (Å²) in [5.74, 6) is -0.183. The van der Waals surface area contributed by atoms with E-state index in [9.17, 15) is 15.0 Å². The number of hydrogen-bond donors (Lipinski definition) is 3. The number of carboxylic acids is 1. The van der Waals surface area contributed by atoms with E-state index in [1.807, 2.05) is 0 Å². The number of nitrogens with two attached hydrogens (primary N) is 1. The van der Waals surface area contributed by atoms with E-state index in [2.05, 4.69) is 72.8 Å². The smallest absolute Gasteiger partial charge is 0.309 e. The van der Waals surface area contributed by atoms with Crippen molar-refractivity contribution in [3.63, 3.8) is 0 Å². The molecule has 260 valence electrons. The van der Waals surface area contributed by atoms with Crippen LogP contribution in [0.3, 0.4) is 0 Å². The first-order valence-electron chi connectivity index (χ1n) is 19.3. The quantitative estimate of drug-likeness (QED) is 0.125. The summed E-state index contributed by atoms with van der Waals surface area (Å²) in [7, 11) is 0. The molecule has 2 aliphatic rings. The highest BCUT2D eigenvalue weighted by molar-refractivity contribution is 5.71. The molecule has 0 aliphatic heterocycles. The van der Waals surface area contributed by atoms with Crippen LogP contribution < -0.4 is 5.73 Å². The normalized spacial score (nSPS) is 20.4. The number of aryl methyl sites for hydroxylation is 1. The highest BCUT2D eigenvalue weighted by Crippen LogP contribution is 2.48. The van der Waals surface area contributed by atoms with Gasteiger partial charge in [0.1, 0.15) is 0 Å². The predicted molar refractivity (Wildman–Crippen MR) is 196 cm³/mol. The fourth-order valence-electron chi connectivity index (χ4n) is 9.26. The number of hydrogen-bond acceptors (Lipinski definition) is 3. The molecule has 5 unspecified atom stereocenters. The Morgan fingerprint density at radius 3 is 2.17 bits per heavy atom. The maximum Gasteiger partial charge on any atom is 0.309 e. The third-order valence-electron chi connectivity index (χ3n) is 12.0. The second-order valence-corrected chi connectivity index (χ2v) is 15.3. The van der Waals surface area contributed by atoms with E-state index in [0.29, 0.717) is 12.5 Å². The van der Waals surface area contributed by atoms with Crippen LogP contribution in [0.5, 0.6) is 0 Å². The lowest BCUT2D eigenvalue weighted by Gasteiger charge is -2.44. The van der Waals surface area contributed by atoms with Crippen molar-refractivity contribution in [3.8, 4) is 0 Å². The second-order valence-electron chi connectivity index (χ2n) is 15.3. The summed E-state index contributed by atoms with van der Waals surface area (Å²) in [4.78, 5) is 12.9. The SMILES string of the molecule is CC(O)C(C(=O)O)C(CC1(c2ccccc2)CCCCC1)C(CCN)CCC(CC=CCCC1CCCCC1)CCc1ccccc1. The summed E-state index contributed by atoms with van der Waals surface area (Å²) in [6.45, 7) is 2.23. The van der Waals surface area contributed by atoms with E-state index in [-0.39, 0.29) is 17.3 Å². The molecule has 4 N–H and O–H groups in total. The number of benzene rings is 2. The van der Waals surface area contributed by atoms with Crippen LogP contribution in [-0.4, -0.2) is 28.8 Å². The summed E-state index contributed by atoms with van der Waals surface area (Å²) < 4.78 is 0. The number of carbonyl (C=O) groups is 1. The lowest BCUT2D eigenvalue weighted by Crippen LogP contribution is -2.43. The molecule has 47 heavy (non-hydrogen) atoms. The van der Waals surface area contributed by atoms with Crippen LogP contribution in [0.4, 0.5) is 0 Å². The van der Waals surface area contributed by atoms with Gasteiger partial charge in [-0.15, -0.1) is 0 Å². The van der Waals surface area contributed by atoms with E-state index in [4.69, 9.17) is 5.73 Å². The lowest BCUT2D eigenvalue weighted by atomic mass is 9.60. The zero-order chi connectivity index (χ0) is 33.3. The van der Waals surface area contributed by atoms with E-state index in [1.54, 1.807) is 6.92 Å². The van der Waals surface area contributed by atoms with E-state index >= 15 is 0 Å². The van der Waals surface area contributed by atoms with Crippen LogP contribution in [-0.2, 0) is 16.6 Å². The van der Waals surface area contributed by atoms with Gasteiger partial charge in [-0.25, -0.2) is 0 Å². The summed E-state index contributed by atoms with van der Waals surface area (Å²) >= 11 is 0. The van der Waals surface area contributed by atoms with Gasteiger partial charge in [0, 0.05) is 0 Å². The fraction of sp³-hybridized carbons (Fsp3) is 0.651. The standard InChI is InChI=1S/C43H65NO3/c1-34(45)41(42(46)47)40(33-43(30-15-6-16-31-43)39-23-13-5-14-24-39)38(29-32-44)28-27-37(26-25-36-20-10-4-11-21-36)22-12-3-9-19-35-17-7-2-8-18-35/h3-5,10-14,20-21,23-24,34-35,37-38,40-41,45H,2,6-9,15-19,22,25-33,44H2,1H3,(H,46,47). The number of aliphatic hydroxyl groups is 1. The topological polar surface area (TPSA) is 83.5 Å². The molecule has 5 atom stereocenters. The van der Waals surface area contributed by atoms with Crippen LogP contribution in [0.25, 0.3) is 0 Å². The Balaban J connectivity index is 1.52. The third-order valence-corrected chi connectivity index (χ3v) is 12.0. The number of carboxylic acid groups (broad SMARTS) is 1. The average Bonchev–Trinajstić information content (AvgIpc) is 3.09. The molecule has 4 heteroatoms. The van der Waals surface area contributed by atoms with Crippen LogP contribution in [0.1, 0.15) is 134 Å². The number of aliphatic carboxylic acids is 1.